The number of carbonyl (C=O) groups excluding carboxylic acids is 1. The van der Waals surface area contributed by atoms with Gasteiger partial charge in [-0.2, -0.15) is 5.10 Å². The molecule has 31 heavy (non-hydrogen) atoms. The predicted molar refractivity (Wildman–Crippen MR) is 122 cm³/mol. The van der Waals surface area contributed by atoms with Crippen molar-refractivity contribution in [2.45, 2.75) is 25.2 Å². The van der Waals surface area contributed by atoms with E-state index < -0.39 is 0 Å². The second-order valence-corrected chi connectivity index (χ2v) is 8.62. The zero-order valence-corrected chi connectivity index (χ0v) is 18.2. The summed E-state index contributed by atoms with van der Waals surface area (Å²) in [6.07, 6.45) is 5.16. The summed E-state index contributed by atoms with van der Waals surface area (Å²) in [4.78, 5) is 24.2. The van der Waals surface area contributed by atoms with Crippen LogP contribution in [0.25, 0.3) is 5.65 Å². The van der Waals surface area contributed by atoms with Gasteiger partial charge in [-0.15, -0.1) is 11.3 Å². The number of nitrogens with one attached hydrogen (secondary N) is 1. The number of piperidine rings is 1. The molecule has 1 amide bonds. The van der Waals surface area contributed by atoms with Gasteiger partial charge < -0.3 is 10.2 Å². The molecule has 1 N–H and O–H groups in total. The van der Waals surface area contributed by atoms with Gasteiger partial charge in [0.2, 0.25) is 0 Å². The lowest BCUT2D eigenvalue weighted by atomic mass is 9.70. The quantitative estimate of drug-likeness (QED) is 0.519. The molecule has 0 unspecified atom stereocenters. The van der Waals surface area contributed by atoms with Crippen molar-refractivity contribution in [3.8, 4) is 0 Å². The molecule has 4 aromatic rings. The van der Waals surface area contributed by atoms with Crippen LogP contribution < -0.4 is 5.32 Å². The zero-order chi connectivity index (χ0) is 21.3. The molecular formula is C23H24N6OS. The number of benzene rings is 1. The van der Waals surface area contributed by atoms with E-state index in [-0.39, 0.29) is 11.3 Å². The summed E-state index contributed by atoms with van der Waals surface area (Å²) in [5.41, 5.74) is 3.27. The van der Waals surface area contributed by atoms with Crippen LogP contribution in [0.5, 0.6) is 0 Å². The van der Waals surface area contributed by atoms with E-state index in [1.54, 1.807) is 40.4 Å². The number of fused-ring (bicyclic) bond motifs is 1. The van der Waals surface area contributed by atoms with Gasteiger partial charge >= 0.3 is 0 Å². The van der Waals surface area contributed by atoms with Crippen LogP contribution in [0.1, 0.15) is 41.5 Å². The van der Waals surface area contributed by atoms with Crippen LogP contribution in [0, 0.1) is 0 Å². The van der Waals surface area contributed by atoms with Gasteiger partial charge in [0.15, 0.2) is 16.5 Å². The van der Waals surface area contributed by atoms with Crippen molar-refractivity contribution in [3.05, 3.63) is 77.2 Å². The molecule has 0 bridgehead atoms. The zero-order valence-electron chi connectivity index (χ0n) is 17.4. The molecule has 1 aromatic carbocycles. The first-order chi connectivity index (χ1) is 15.2. The summed E-state index contributed by atoms with van der Waals surface area (Å²) in [5, 5.41) is 10.8. The highest BCUT2D eigenvalue weighted by Crippen LogP contribution is 2.42. The summed E-state index contributed by atoms with van der Waals surface area (Å²) in [5.74, 6) is -0.0428. The largest absolute Gasteiger partial charge is 0.362 e. The summed E-state index contributed by atoms with van der Waals surface area (Å²) >= 11 is 1.64. The van der Waals surface area contributed by atoms with Gasteiger partial charge in [-0.05, 0) is 31.4 Å². The molecule has 158 valence electrons. The van der Waals surface area contributed by atoms with E-state index >= 15 is 0 Å². The molecular weight excluding hydrogens is 408 g/mol. The molecule has 1 saturated heterocycles. The highest BCUT2D eigenvalue weighted by molar-refractivity contribution is 7.13. The maximum atomic E-state index is 13.1. The number of thiazole rings is 1. The summed E-state index contributed by atoms with van der Waals surface area (Å²) in [7, 11) is 0. The molecule has 0 saturated carbocycles. The predicted octanol–water partition coefficient (Wildman–Crippen LogP) is 3.84. The Morgan fingerprint density at radius 2 is 2.00 bits per heavy atom. The van der Waals surface area contributed by atoms with E-state index in [1.165, 1.54) is 5.56 Å². The van der Waals surface area contributed by atoms with Crippen LogP contribution in [0.4, 0.5) is 5.13 Å². The fraction of sp³-hybridized carbons (Fsp3) is 0.304. The molecule has 0 spiro atoms. The number of hydrogen-bond donors (Lipinski definition) is 1. The molecule has 7 nitrogen and oxygen atoms in total. The Morgan fingerprint density at radius 3 is 2.74 bits per heavy atom. The van der Waals surface area contributed by atoms with E-state index in [9.17, 15) is 4.79 Å². The number of likely N-dealkylation sites (tertiary alicyclic amines) is 1. The van der Waals surface area contributed by atoms with Gasteiger partial charge in [0.1, 0.15) is 0 Å². The lowest BCUT2D eigenvalue weighted by Crippen LogP contribution is -2.46. The average molecular weight is 433 g/mol. The number of amides is 1. The van der Waals surface area contributed by atoms with Gasteiger partial charge in [0.05, 0.1) is 5.69 Å². The SMILES string of the molecule is CCNc1nc(C2(c3ccccc3)CCN(C(=O)c3cc4ncccn4n3)CC2)cs1. The molecule has 8 heteroatoms. The van der Waals surface area contributed by atoms with Crippen LogP contribution in [0.15, 0.2) is 60.2 Å². The minimum absolute atomic E-state index is 0.0428. The normalized spacial score (nSPS) is 15.8. The van der Waals surface area contributed by atoms with E-state index in [2.05, 4.69) is 52.0 Å². The lowest BCUT2D eigenvalue weighted by Gasteiger charge is -2.41. The van der Waals surface area contributed by atoms with Crippen molar-refractivity contribution in [2.24, 2.45) is 0 Å². The molecule has 4 heterocycles. The summed E-state index contributed by atoms with van der Waals surface area (Å²) in [6.45, 7) is 4.24. The number of rotatable bonds is 5. The van der Waals surface area contributed by atoms with E-state index in [0.29, 0.717) is 24.4 Å². The number of nitrogens with zero attached hydrogens (tertiary/aromatic N) is 5. The van der Waals surface area contributed by atoms with Crippen LogP contribution in [0.3, 0.4) is 0 Å². The Kier molecular flexibility index (Phi) is 5.15. The van der Waals surface area contributed by atoms with E-state index in [4.69, 9.17) is 4.98 Å². The fourth-order valence-electron chi connectivity index (χ4n) is 4.36. The molecule has 0 atom stereocenters. The van der Waals surface area contributed by atoms with Crippen molar-refractivity contribution in [1.29, 1.82) is 0 Å². The second-order valence-electron chi connectivity index (χ2n) is 7.76. The Balaban J connectivity index is 1.41. The van der Waals surface area contributed by atoms with E-state index in [1.807, 2.05) is 11.0 Å². The first kappa shape index (κ1) is 19.7. The maximum Gasteiger partial charge on any atom is 0.274 e. The molecule has 0 aliphatic carbocycles. The maximum absolute atomic E-state index is 13.1. The lowest BCUT2D eigenvalue weighted by molar-refractivity contribution is 0.0678. The molecule has 5 rings (SSSR count). The minimum atomic E-state index is -0.192. The van der Waals surface area contributed by atoms with Crippen LogP contribution in [0.2, 0.25) is 0 Å². The number of hydrogen-bond acceptors (Lipinski definition) is 6. The van der Waals surface area contributed by atoms with Crippen molar-refractivity contribution in [3.63, 3.8) is 0 Å². The smallest absolute Gasteiger partial charge is 0.274 e. The fourth-order valence-corrected chi connectivity index (χ4v) is 5.24. The van der Waals surface area contributed by atoms with Gasteiger partial charge in [-0.3, -0.25) is 4.79 Å². The minimum Gasteiger partial charge on any atom is -0.362 e. The van der Waals surface area contributed by atoms with Crippen molar-refractivity contribution >= 4 is 28.0 Å². The molecule has 3 aromatic heterocycles. The topological polar surface area (TPSA) is 75.4 Å². The number of carbonyl (C=O) groups is 1. The van der Waals surface area contributed by atoms with Gasteiger partial charge in [0.25, 0.3) is 5.91 Å². The monoisotopic (exact) mass is 432 g/mol. The summed E-state index contributed by atoms with van der Waals surface area (Å²) < 4.78 is 1.64. The Hall–Kier alpha value is -3.26. The third-order valence-corrected chi connectivity index (χ3v) is 6.81. The highest BCUT2D eigenvalue weighted by atomic mass is 32.1. The van der Waals surface area contributed by atoms with Crippen molar-refractivity contribution < 1.29 is 4.79 Å². The third kappa shape index (κ3) is 3.57. The van der Waals surface area contributed by atoms with Gasteiger partial charge in [-0.1, -0.05) is 30.3 Å². The second kappa shape index (κ2) is 8.11. The van der Waals surface area contributed by atoms with Crippen molar-refractivity contribution in [2.75, 3.05) is 25.0 Å². The highest BCUT2D eigenvalue weighted by Gasteiger charge is 2.41. The summed E-state index contributed by atoms with van der Waals surface area (Å²) in [6, 6.07) is 14.1. The third-order valence-electron chi connectivity index (χ3n) is 6.01. The molecule has 1 fully saturated rings. The van der Waals surface area contributed by atoms with Gasteiger partial charge in [-0.25, -0.2) is 14.5 Å². The Labute approximate surface area is 184 Å². The molecule has 1 aliphatic heterocycles. The van der Waals surface area contributed by atoms with Crippen LogP contribution >= 0.6 is 11.3 Å². The number of aromatic nitrogens is 4. The van der Waals surface area contributed by atoms with Crippen LogP contribution in [-0.2, 0) is 5.41 Å². The standard InChI is InChI=1S/C23H24N6OS/c1-2-24-22-26-19(16-31-22)23(17-7-4-3-5-8-17)9-13-28(14-10-23)21(30)18-15-20-25-11-6-12-29(20)27-18/h3-8,11-12,15-16H,2,9-10,13-14H2,1H3,(H,24,26). The van der Waals surface area contributed by atoms with Gasteiger partial charge in [0, 0.05) is 48.9 Å². The first-order valence-corrected chi connectivity index (χ1v) is 11.4. The average Bonchev–Trinajstić information content (AvgIpc) is 3.47. The first-order valence-electron chi connectivity index (χ1n) is 10.5. The molecule has 1 aliphatic rings. The van der Waals surface area contributed by atoms with E-state index in [0.717, 1.165) is 30.2 Å². The van der Waals surface area contributed by atoms with Crippen molar-refractivity contribution in [1.82, 2.24) is 24.5 Å². The Bertz CT molecular complexity index is 1160. The Morgan fingerprint density at radius 1 is 1.19 bits per heavy atom. The molecule has 0 radical (unpaired) electrons. The number of anilines is 1. The van der Waals surface area contributed by atoms with Crippen LogP contribution in [-0.4, -0.2) is 50.0 Å².